The van der Waals surface area contributed by atoms with E-state index < -0.39 is 0 Å². The summed E-state index contributed by atoms with van der Waals surface area (Å²) in [6, 6.07) is 0.421. The molecule has 0 bridgehead atoms. The molecule has 0 radical (unpaired) electrons. The summed E-state index contributed by atoms with van der Waals surface area (Å²) in [5, 5.41) is 11.6. The highest BCUT2D eigenvalue weighted by Gasteiger charge is 2.24. The molecule has 2 heteroatoms. The Morgan fingerprint density at radius 1 is 1.86 bits per heavy atom. The molecule has 0 aromatic rings. The molecule has 2 N–H and O–H groups in total. The average molecular weight is 99.1 g/mol. The fourth-order valence-electron chi connectivity index (χ4n) is 0.609. The van der Waals surface area contributed by atoms with E-state index in [9.17, 15) is 0 Å². The van der Waals surface area contributed by atoms with Gasteiger partial charge in [-0.25, -0.2) is 0 Å². The summed E-state index contributed by atoms with van der Waals surface area (Å²) in [4.78, 5) is 0. The Hall–Kier alpha value is -0.660. The third kappa shape index (κ3) is 0.683. The lowest BCUT2D eigenvalue weighted by molar-refractivity contribution is 0.410. The van der Waals surface area contributed by atoms with Crippen LogP contribution in [0, 0.1) is 0 Å². The third-order valence-corrected chi connectivity index (χ3v) is 1.11. The van der Waals surface area contributed by atoms with Crippen LogP contribution >= 0.6 is 0 Å². The third-order valence-electron chi connectivity index (χ3n) is 1.11. The van der Waals surface area contributed by atoms with E-state index in [1.165, 1.54) is 0 Å². The van der Waals surface area contributed by atoms with Gasteiger partial charge in [-0.2, -0.15) is 0 Å². The normalized spacial score (nSPS) is 34.3. The van der Waals surface area contributed by atoms with Gasteiger partial charge in [0.1, 0.15) is 5.76 Å². The summed E-state index contributed by atoms with van der Waals surface area (Å²) in [5.41, 5.74) is 0.986. The van der Waals surface area contributed by atoms with Gasteiger partial charge in [0.05, 0.1) is 11.7 Å². The van der Waals surface area contributed by atoms with Crippen LogP contribution < -0.4 is 5.32 Å². The van der Waals surface area contributed by atoms with Gasteiger partial charge < -0.3 is 10.4 Å². The second-order valence-corrected chi connectivity index (χ2v) is 1.87. The molecule has 0 amide bonds. The molecule has 7 heavy (non-hydrogen) atoms. The largest absolute Gasteiger partial charge is 0.511 e. The lowest BCUT2D eigenvalue weighted by Gasteiger charge is -1.77. The van der Waals surface area contributed by atoms with E-state index in [1.54, 1.807) is 6.92 Å². The number of allylic oxidation sites excluding steroid dienone is 1. The van der Waals surface area contributed by atoms with Crippen LogP contribution in [0.25, 0.3) is 0 Å². The maximum atomic E-state index is 8.68. The molecule has 1 saturated heterocycles. The van der Waals surface area contributed by atoms with Gasteiger partial charge in [-0.05, 0) is 13.8 Å². The van der Waals surface area contributed by atoms with Gasteiger partial charge in [0.2, 0.25) is 0 Å². The van der Waals surface area contributed by atoms with Gasteiger partial charge in [0, 0.05) is 0 Å². The maximum Gasteiger partial charge on any atom is 0.110 e. The summed E-state index contributed by atoms with van der Waals surface area (Å²) >= 11 is 0. The van der Waals surface area contributed by atoms with Crippen LogP contribution in [-0.4, -0.2) is 11.1 Å². The van der Waals surface area contributed by atoms with Crippen molar-refractivity contribution in [2.45, 2.75) is 19.9 Å². The number of hydrogen-bond donors (Lipinski definition) is 2. The van der Waals surface area contributed by atoms with Crippen molar-refractivity contribution in [1.29, 1.82) is 0 Å². The predicted octanol–water partition coefficient (Wildman–Crippen LogP) is 0.768. The van der Waals surface area contributed by atoms with Gasteiger partial charge in [0.25, 0.3) is 0 Å². The van der Waals surface area contributed by atoms with Gasteiger partial charge in [-0.1, -0.05) is 0 Å². The van der Waals surface area contributed by atoms with E-state index in [-0.39, 0.29) is 0 Å². The first kappa shape index (κ1) is 4.50. The Morgan fingerprint density at radius 2 is 2.29 bits per heavy atom. The van der Waals surface area contributed by atoms with Crippen molar-refractivity contribution in [2.24, 2.45) is 0 Å². The van der Waals surface area contributed by atoms with E-state index in [4.69, 9.17) is 5.11 Å². The van der Waals surface area contributed by atoms with E-state index in [1.807, 2.05) is 6.92 Å². The second kappa shape index (κ2) is 1.15. The van der Waals surface area contributed by atoms with Crippen molar-refractivity contribution in [1.82, 2.24) is 5.32 Å². The minimum Gasteiger partial charge on any atom is -0.511 e. The first-order valence-electron chi connectivity index (χ1n) is 2.38. The number of aliphatic hydroxyl groups excluding tert-OH is 1. The summed E-state index contributed by atoms with van der Waals surface area (Å²) in [6.07, 6.45) is 0. The summed E-state index contributed by atoms with van der Waals surface area (Å²) in [5.74, 6) is 0.424. The molecule has 0 aromatic heterocycles. The second-order valence-electron chi connectivity index (χ2n) is 1.87. The van der Waals surface area contributed by atoms with Gasteiger partial charge in [0.15, 0.2) is 0 Å². The summed E-state index contributed by atoms with van der Waals surface area (Å²) in [7, 11) is 0. The predicted molar refractivity (Wildman–Crippen MR) is 27.9 cm³/mol. The van der Waals surface area contributed by atoms with Crippen LogP contribution in [0.3, 0.4) is 0 Å². The summed E-state index contributed by atoms with van der Waals surface area (Å²) in [6.45, 7) is 3.70. The zero-order chi connectivity index (χ0) is 5.44. The molecule has 40 valence electrons. The zero-order valence-electron chi connectivity index (χ0n) is 4.52. The molecular formula is C5H9NO. The maximum absolute atomic E-state index is 8.68. The van der Waals surface area contributed by atoms with Crippen molar-refractivity contribution in [2.75, 3.05) is 0 Å². The topological polar surface area (TPSA) is 42.2 Å². The Bertz CT molecular complexity index is 113. The van der Waals surface area contributed by atoms with Crippen LogP contribution in [0.5, 0.6) is 0 Å². The Labute approximate surface area is 42.8 Å². The molecule has 1 aliphatic rings. The molecule has 1 unspecified atom stereocenters. The highest BCUT2D eigenvalue weighted by molar-refractivity contribution is 5.24. The standard InChI is InChI=1S/C5H9NO/c1-3-5(6-3)4(2)7/h3,6-7H,1-2H3/b5-4-. The fraction of sp³-hybridized carbons (Fsp3) is 0.600. The molecular weight excluding hydrogens is 90.1 g/mol. The van der Waals surface area contributed by atoms with Gasteiger partial charge in [-0.3, -0.25) is 0 Å². The lowest BCUT2D eigenvalue weighted by atomic mass is 10.4. The SMILES string of the molecule is C/C(O)=C1/NC1C. The highest BCUT2D eigenvalue weighted by atomic mass is 16.3. The molecule has 2 nitrogen and oxygen atoms in total. The molecule has 1 rings (SSSR count). The van der Waals surface area contributed by atoms with Crippen molar-refractivity contribution in [3.8, 4) is 0 Å². The molecule has 1 atom stereocenters. The van der Waals surface area contributed by atoms with Crippen molar-refractivity contribution < 1.29 is 5.11 Å². The molecule has 1 aliphatic heterocycles. The molecule has 0 aromatic carbocycles. The zero-order valence-corrected chi connectivity index (χ0v) is 4.52. The highest BCUT2D eigenvalue weighted by Crippen LogP contribution is 2.16. The number of hydrogen-bond acceptors (Lipinski definition) is 2. The molecule has 1 heterocycles. The van der Waals surface area contributed by atoms with Crippen molar-refractivity contribution in [3.05, 3.63) is 11.5 Å². The molecule has 0 aliphatic carbocycles. The number of rotatable bonds is 0. The van der Waals surface area contributed by atoms with Crippen LogP contribution in [0.2, 0.25) is 0 Å². The minimum absolute atomic E-state index is 0.421. The monoisotopic (exact) mass is 99.1 g/mol. The van der Waals surface area contributed by atoms with E-state index in [0.717, 1.165) is 5.70 Å². The fourth-order valence-corrected chi connectivity index (χ4v) is 0.609. The smallest absolute Gasteiger partial charge is 0.110 e. The molecule has 0 saturated carbocycles. The number of nitrogens with one attached hydrogen (secondary N) is 1. The van der Waals surface area contributed by atoms with Crippen LogP contribution in [0.1, 0.15) is 13.8 Å². The molecule has 1 fully saturated rings. The molecule has 0 spiro atoms. The lowest BCUT2D eigenvalue weighted by Crippen LogP contribution is -1.73. The van der Waals surface area contributed by atoms with Crippen molar-refractivity contribution >= 4 is 0 Å². The van der Waals surface area contributed by atoms with E-state index >= 15 is 0 Å². The van der Waals surface area contributed by atoms with Crippen molar-refractivity contribution in [3.63, 3.8) is 0 Å². The summed E-state index contributed by atoms with van der Waals surface area (Å²) < 4.78 is 0. The average Bonchev–Trinajstić information content (AvgIpc) is 2.17. The van der Waals surface area contributed by atoms with E-state index in [2.05, 4.69) is 5.32 Å². The first-order chi connectivity index (χ1) is 3.22. The quantitative estimate of drug-likeness (QED) is 0.348. The Morgan fingerprint density at radius 3 is 2.29 bits per heavy atom. The Kier molecular flexibility index (Phi) is 0.741. The van der Waals surface area contributed by atoms with E-state index in [0.29, 0.717) is 11.8 Å². The van der Waals surface area contributed by atoms with Crippen LogP contribution in [0.4, 0.5) is 0 Å². The Balaban J connectivity index is 2.60. The van der Waals surface area contributed by atoms with Gasteiger partial charge in [-0.15, -0.1) is 0 Å². The van der Waals surface area contributed by atoms with Crippen LogP contribution in [0.15, 0.2) is 11.5 Å². The number of aliphatic hydroxyl groups is 1. The first-order valence-corrected chi connectivity index (χ1v) is 2.38. The minimum atomic E-state index is 0.421. The van der Waals surface area contributed by atoms with Gasteiger partial charge >= 0.3 is 0 Å². The van der Waals surface area contributed by atoms with Crippen LogP contribution in [-0.2, 0) is 0 Å².